The van der Waals surface area contributed by atoms with Crippen LogP contribution in [0.3, 0.4) is 0 Å². The van der Waals surface area contributed by atoms with E-state index in [1.807, 2.05) is 30.3 Å². The van der Waals surface area contributed by atoms with Gasteiger partial charge in [0.15, 0.2) is 0 Å². The molecule has 3 heteroatoms. The maximum atomic E-state index is 6.55. The van der Waals surface area contributed by atoms with Gasteiger partial charge in [-0.05, 0) is 241 Å². The Labute approximate surface area is 756 Å². The Balaban J connectivity index is 0.000000106. The van der Waals surface area contributed by atoms with Crippen LogP contribution in [0.15, 0.2) is 499 Å². The highest BCUT2D eigenvalue weighted by Gasteiger charge is 2.25. The van der Waals surface area contributed by atoms with Gasteiger partial charge in [-0.1, -0.05) is 431 Å². The molecule has 3 aromatic heterocycles. The van der Waals surface area contributed by atoms with E-state index in [1.54, 1.807) is 0 Å². The summed E-state index contributed by atoms with van der Waals surface area (Å²) in [6.07, 6.45) is 0. The van der Waals surface area contributed by atoms with Crippen molar-refractivity contribution in [2.24, 2.45) is 0 Å². The standard InChI is InChI=1S/C44H28O.2C42H26O/c1-2-10-29(11-3-1)30-18-22-32(23-19-30)43-36-13-4-6-15-38(36)44(39-16-7-5-14-37(39)43)33-24-20-31(21-25-33)34-26-27-42-40(28-34)35-12-8-9-17-41(35)45-42;1-2-12-28-25-30(24-23-27(28)11-1)29-13-9-14-31(26-29)40-33-16-3-5-18-35(33)41(36-19-6-4-17-34(36)40)38-21-10-20-37-32-15-7-8-22-39(32)43-42(37)38;1-2-12-31-28(10-1)11-9-18-33(31)42-36-16-5-3-14-34(36)41(35-15-4-6-17-37(35)42)29-22-20-27(21-23-29)30-24-25-40-38(26-30)32-13-7-8-19-39(32)43-40/h1-28H;2*1-26H. The Kier molecular flexibility index (Phi) is 18.6. The lowest BCUT2D eigenvalue weighted by Crippen LogP contribution is -1.91. The molecule has 27 rings (SSSR count). The van der Waals surface area contributed by atoms with Crippen molar-refractivity contribution in [3.05, 3.63) is 485 Å². The Morgan fingerprint density at radius 1 is 0.107 bits per heavy atom. The van der Waals surface area contributed by atoms with E-state index >= 15 is 0 Å². The van der Waals surface area contributed by atoms with Crippen molar-refractivity contribution >= 4 is 152 Å². The molecule has 0 atom stereocenters. The summed E-state index contributed by atoms with van der Waals surface area (Å²) in [5.74, 6) is 0. The molecule has 3 heterocycles. The van der Waals surface area contributed by atoms with Gasteiger partial charge in [-0.3, -0.25) is 0 Å². The highest BCUT2D eigenvalue weighted by Crippen LogP contribution is 2.51. The van der Waals surface area contributed by atoms with Crippen LogP contribution in [0.2, 0.25) is 0 Å². The first-order chi connectivity index (χ1) is 65.0. The van der Waals surface area contributed by atoms with Gasteiger partial charge in [0.25, 0.3) is 0 Å². The van der Waals surface area contributed by atoms with Gasteiger partial charge >= 0.3 is 0 Å². The van der Waals surface area contributed by atoms with Crippen molar-refractivity contribution in [3.8, 4) is 111 Å². The van der Waals surface area contributed by atoms with E-state index in [9.17, 15) is 0 Å². The van der Waals surface area contributed by atoms with Crippen LogP contribution in [0.1, 0.15) is 0 Å². The minimum atomic E-state index is 0.917. The van der Waals surface area contributed by atoms with Gasteiger partial charge in [0.1, 0.15) is 33.5 Å². The van der Waals surface area contributed by atoms with Crippen LogP contribution in [-0.4, -0.2) is 0 Å². The molecular weight excluding hydrogens is 1590 g/mol. The molecule has 0 aliphatic rings. The quantitative estimate of drug-likeness (QED) is 0.128. The first kappa shape index (κ1) is 76.2. The highest BCUT2D eigenvalue weighted by atomic mass is 16.3. The minimum absolute atomic E-state index is 0.917. The average Bonchev–Trinajstić information content (AvgIpc) is 0.856. The topological polar surface area (TPSA) is 39.4 Å². The molecule has 0 unspecified atom stereocenters. The molecule has 24 aromatic carbocycles. The van der Waals surface area contributed by atoms with Gasteiger partial charge in [-0.15, -0.1) is 0 Å². The number of fused-ring (bicyclic) bond motifs is 17. The Hall–Kier alpha value is -17.2. The largest absolute Gasteiger partial charge is 0.456 e. The third-order valence-corrected chi connectivity index (χ3v) is 26.8. The molecule has 0 saturated carbocycles. The van der Waals surface area contributed by atoms with Gasteiger partial charge in [-0.25, -0.2) is 0 Å². The summed E-state index contributed by atoms with van der Waals surface area (Å²) in [6.45, 7) is 0. The van der Waals surface area contributed by atoms with Gasteiger partial charge in [0.05, 0.1) is 0 Å². The first-order valence-electron chi connectivity index (χ1n) is 45.0. The summed E-state index contributed by atoms with van der Waals surface area (Å²) >= 11 is 0. The number of furan rings is 3. The maximum Gasteiger partial charge on any atom is 0.143 e. The van der Waals surface area contributed by atoms with Crippen molar-refractivity contribution in [2.45, 2.75) is 0 Å². The highest BCUT2D eigenvalue weighted by molar-refractivity contribution is 6.27. The molecule has 27 aromatic rings. The predicted molar refractivity (Wildman–Crippen MR) is 556 cm³/mol. The molecule has 0 aliphatic heterocycles. The molecule has 610 valence electrons. The van der Waals surface area contributed by atoms with E-state index in [4.69, 9.17) is 13.3 Å². The molecule has 0 radical (unpaired) electrons. The molecule has 0 aliphatic carbocycles. The number of hydrogen-bond acceptors (Lipinski definition) is 3. The van der Waals surface area contributed by atoms with E-state index in [-0.39, 0.29) is 0 Å². The molecule has 0 bridgehead atoms. The fourth-order valence-corrected chi connectivity index (χ4v) is 20.8. The summed E-state index contributed by atoms with van der Waals surface area (Å²) in [4.78, 5) is 0. The van der Waals surface area contributed by atoms with Gasteiger partial charge in [0, 0.05) is 43.4 Å². The van der Waals surface area contributed by atoms with E-state index < -0.39 is 0 Å². The molecule has 3 nitrogen and oxygen atoms in total. The van der Waals surface area contributed by atoms with Gasteiger partial charge in [-0.2, -0.15) is 0 Å². The fraction of sp³-hybridized carbons (Fsp3) is 0. The van der Waals surface area contributed by atoms with E-state index in [2.05, 4.69) is 455 Å². The number of hydrogen-bond donors (Lipinski definition) is 0. The zero-order valence-corrected chi connectivity index (χ0v) is 71.4. The zero-order valence-electron chi connectivity index (χ0n) is 71.4. The Bertz CT molecular complexity index is 9030. The molecule has 131 heavy (non-hydrogen) atoms. The van der Waals surface area contributed by atoms with Crippen LogP contribution in [0, 0.1) is 0 Å². The molecule has 0 N–H and O–H groups in total. The lowest BCUT2D eigenvalue weighted by atomic mass is 9.84. The second-order valence-corrected chi connectivity index (χ2v) is 34.2. The number of rotatable bonds is 10. The number of benzene rings is 24. The van der Waals surface area contributed by atoms with Crippen molar-refractivity contribution in [3.63, 3.8) is 0 Å². The summed E-state index contributed by atoms with van der Waals surface area (Å²) in [7, 11) is 0. The van der Waals surface area contributed by atoms with Crippen molar-refractivity contribution < 1.29 is 13.3 Å². The second kappa shape index (κ2) is 32.0. The predicted octanol–water partition coefficient (Wildman–Crippen LogP) is 36.7. The molecule has 0 fully saturated rings. The van der Waals surface area contributed by atoms with E-state index in [1.165, 1.54) is 192 Å². The summed E-state index contributed by atoms with van der Waals surface area (Å²) in [5, 5.41) is 27.0. The molecule has 0 amide bonds. The maximum absolute atomic E-state index is 6.55. The molecular formula is C128H80O3. The van der Waals surface area contributed by atoms with E-state index in [0.717, 1.165) is 71.4 Å². The van der Waals surface area contributed by atoms with Crippen LogP contribution < -0.4 is 0 Å². The zero-order chi connectivity index (χ0) is 86.4. The van der Waals surface area contributed by atoms with Gasteiger partial charge in [0.2, 0.25) is 0 Å². The fourth-order valence-electron chi connectivity index (χ4n) is 20.8. The summed E-state index contributed by atoms with van der Waals surface area (Å²) in [5.41, 5.74) is 30.1. The minimum Gasteiger partial charge on any atom is -0.456 e. The SMILES string of the molecule is c1cc(-c2ccc3ccccc3c2)cc(-c2c3ccccc3c(-c3cccc4c3oc3ccccc34)c3ccccc23)c1.c1ccc(-c2ccc(-c3c4ccccc4c(-c4ccc(-c5ccc6oc7ccccc7c6c5)cc4)c4ccccc34)cc2)cc1.c1ccc2c(-c3c4ccccc4c(-c4ccc(-c5ccc6oc7ccccc7c6c5)cc4)c4ccccc34)cccc2c1. The van der Waals surface area contributed by atoms with Crippen molar-refractivity contribution in [2.75, 3.05) is 0 Å². The van der Waals surface area contributed by atoms with Crippen LogP contribution in [-0.2, 0) is 0 Å². The third-order valence-electron chi connectivity index (χ3n) is 26.8. The molecule has 0 spiro atoms. The van der Waals surface area contributed by atoms with E-state index in [0.29, 0.717) is 0 Å². The Morgan fingerprint density at radius 3 is 0.832 bits per heavy atom. The summed E-state index contributed by atoms with van der Waals surface area (Å²) < 4.78 is 18.7. The third kappa shape index (κ3) is 13.3. The monoisotopic (exact) mass is 1660 g/mol. The number of para-hydroxylation sites is 4. The van der Waals surface area contributed by atoms with Gasteiger partial charge < -0.3 is 13.3 Å². The Morgan fingerprint density at radius 2 is 0.366 bits per heavy atom. The van der Waals surface area contributed by atoms with Crippen molar-refractivity contribution in [1.82, 2.24) is 0 Å². The van der Waals surface area contributed by atoms with Crippen LogP contribution in [0.4, 0.5) is 0 Å². The van der Waals surface area contributed by atoms with Crippen molar-refractivity contribution in [1.29, 1.82) is 0 Å². The second-order valence-electron chi connectivity index (χ2n) is 34.2. The summed E-state index contributed by atoms with van der Waals surface area (Å²) in [6, 6.07) is 175. The average molecular weight is 1670 g/mol. The van der Waals surface area contributed by atoms with Crippen LogP contribution in [0.25, 0.3) is 263 Å². The first-order valence-corrected chi connectivity index (χ1v) is 45.0. The van der Waals surface area contributed by atoms with Crippen LogP contribution >= 0.6 is 0 Å². The smallest absolute Gasteiger partial charge is 0.143 e. The van der Waals surface area contributed by atoms with Crippen LogP contribution in [0.5, 0.6) is 0 Å². The normalized spacial score (nSPS) is 11.7. The molecule has 0 saturated heterocycles. The lowest BCUT2D eigenvalue weighted by Gasteiger charge is -2.19. The lowest BCUT2D eigenvalue weighted by molar-refractivity contribution is 0.668.